The summed E-state index contributed by atoms with van der Waals surface area (Å²) < 4.78 is 2.22. The number of nitrogens with zero attached hydrogens (tertiary/aromatic N) is 4. The van der Waals surface area contributed by atoms with Gasteiger partial charge < -0.3 is 0 Å². The van der Waals surface area contributed by atoms with Crippen LogP contribution in [0.15, 0.2) is 85.5 Å². The van der Waals surface area contributed by atoms with Gasteiger partial charge in [-0.2, -0.15) is 0 Å². The van der Waals surface area contributed by atoms with Crippen molar-refractivity contribution in [2.24, 2.45) is 0 Å². The van der Waals surface area contributed by atoms with Crippen LogP contribution in [-0.2, 0) is 12.8 Å². The molecule has 2 aliphatic rings. The average Bonchev–Trinajstić information content (AvgIpc) is 3.58. The molecule has 4 nitrogen and oxygen atoms in total. The minimum absolute atomic E-state index is 0.945. The summed E-state index contributed by atoms with van der Waals surface area (Å²) in [7, 11) is 0. The van der Waals surface area contributed by atoms with E-state index in [0.29, 0.717) is 0 Å². The predicted molar refractivity (Wildman–Crippen MR) is 140 cm³/mol. The first kappa shape index (κ1) is 17.8. The topological polar surface area (TPSA) is 43.1 Å². The Morgan fingerprint density at radius 3 is 2.43 bits per heavy atom. The van der Waals surface area contributed by atoms with E-state index < -0.39 is 0 Å². The van der Waals surface area contributed by atoms with Gasteiger partial charge >= 0.3 is 0 Å². The molecule has 0 fully saturated rings. The monoisotopic (exact) mass is 446 g/mol. The zero-order valence-electron chi connectivity index (χ0n) is 18.8. The molecular weight excluding hydrogens is 428 g/mol. The zero-order chi connectivity index (χ0) is 22.7. The highest BCUT2D eigenvalue weighted by atomic mass is 15.0. The molecule has 0 saturated carbocycles. The lowest BCUT2D eigenvalue weighted by Gasteiger charge is -2.12. The van der Waals surface area contributed by atoms with Gasteiger partial charge in [0.2, 0.25) is 0 Å². The molecule has 0 bridgehead atoms. The Balaban J connectivity index is 1.40. The van der Waals surface area contributed by atoms with Crippen LogP contribution in [0.2, 0.25) is 0 Å². The van der Waals surface area contributed by atoms with Crippen molar-refractivity contribution < 1.29 is 0 Å². The van der Waals surface area contributed by atoms with Crippen molar-refractivity contribution in [2.45, 2.75) is 12.8 Å². The molecule has 4 heterocycles. The Hall–Kier alpha value is -4.57. The molecule has 0 spiro atoms. The van der Waals surface area contributed by atoms with E-state index in [0.717, 1.165) is 35.0 Å². The fourth-order valence-corrected chi connectivity index (χ4v) is 6.52. The minimum atomic E-state index is 0.945. The molecule has 4 heteroatoms. The van der Waals surface area contributed by atoms with E-state index in [1.54, 1.807) is 0 Å². The van der Waals surface area contributed by atoms with Gasteiger partial charge in [0.25, 0.3) is 0 Å². The van der Waals surface area contributed by atoms with E-state index in [4.69, 9.17) is 4.98 Å². The van der Waals surface area contributed by atoms with E-state index in [1.165, 1.54) is 60.7 Å². The van der Waals surface area contributed by atoms with Crippen LogP contribution in [0.4, 0.5) is 0 Å². The lowest BCUT2D eigenvalue weighted by atomic mass is 9.96. The van der Waals surface area contributed by atoms with Gasteiger partial charge in [0.15, 0.2) is 0 Å². The van der Waals surface area contributed by atoms with Gasteiger partial charge in [-0.05, 0) is 87.0 Å². The van der Waals surface area contributed by atoms with Gasteiger partial charge in [-0.3, -0.25) is 14.4 Å². The summed E-state index contributed by atoms with van der Waals surface area (Å²) in [4.78, 5) is 13.9. The summed E-state index contributed by atoms with van der Waals surface area (Å²) in [5.41, 5.74) is 15.2. The highest BCUT2D eigenvalue weighted by molar-refractivity contribution is 6.17. The first-order valence-corrected chi connectivity index (χ1v) is 12.0. The molecule has 2 aliphatic carbocycles. The molecule has 0 atom stereocenters. The van der Waals surface area contributed by atoms with Gasteiger partial charge in [0.05, 0.1) is 28.9 Å². The quantitative estimate of drug-likeness (QED) is 0.243. The number of hydrogen-bond donors (Lipinski definition) is 0. The van der Waals surface area contributed by atoms with Crippen LogP contribution in [0, 0.1) is 0 Å². The third-order valence-corrected chi connectivity index (χ3v) is 8.00. The zero-order valence-corrected chi connectivity index (χ0v) is 18.8. The third kappa shape index (κ3) is 2.15. The fraction of sp³-hybridized carbons (Fsp3) is 0.0645. The van der Waals surface area contributed by atoms with Crippen LogP contribution in [-0.4, -0.2) is 19.4 Å². The van der Waals surface area contributed by atoms with Crippen molar-refractivity contribution in [3.05, 3.63) is 108 Å². The van der Waals surface area contributed by atoms with Gasteiger partial charge in [0, 0.05) is 23.2 Å². The number of pyridine rings is 3. The van der Waals surface area contributed by atoms with E-state index in [9.17, 15) is 0 Å². The van der Waals surface area contributed by atoms with Crippen LogP contribution >= 0.6 is 0 Å². The average molecular weight is 447 g/mol. The first-order valence-electron chi connectivity index (χ1n) is 12.0. The van der Waals surface area contributed by atoms with Crippen molar-refractivity contribution in [2.75, 3.05) is 0 Å². The molecule has 35 heavy (non-hydrogen) atoms. The van der Waals surface area contributed by atoms with Gasteiger partial charge in [0.1, 0.15) is 5.65 Å². The molecule has 0 aliphatic heterocycles. The number of benzene rings is 3. The highest BCUT2D eigenvalue weighted by Gasteiger charge is 2.27. The molecule has 0 N–H and O–H groups in total. The Morgan fingerprint density at radius 1 is 0.629 bits per heavy atom. The Morgan fingerprint density at radius 2 is 1.46 bits per heavy atom. The lowest BCUT2D eigenvalue weighted by molar-refractivity contribution is 1.22. The second kappa shape index (κ2) is 6.10. The number of imidazole rings is 1. The van der Waals surface area contributed by atoms with Crippen molar-refractivity contribution in [3.63, 3.8) is 0 Å². The molecule has 0 radical (unpaired) electrons. The summed E-state index contributed by atoms with van der Waals surface area (Å²) in [5, 5.41) is 3.70. The molecule has 0 saturated heterocycles. The van der Waals surface area contributed by atoms with Crippen LogP contribution in [0.3, 0.4) is 0 Å². The molecule has 162 valence electrons. The minimum Gasteiger partial charge on any atom is -0.289 e. The fourth-order valence-electron chi connectivity index (χ4n) is 6.52. The Kier molecular flexibility index (Phi) is 3.11. The van der Waals surface area contributed by atoms with Crippen LogP contribution < -0.4 is 0 Å². The number of rotatable bonds is 0. The molecule has 7 aromatic rings. The largest absolute Gasteiger partial charge is 0.289 e. The maximum absolute atomic E-state index is 5.04. The molecular formula is C31H18N4. The number of fused-ring (bicyclic) bond motifs is 15. The summed E-state index contributed by atoms with van der Waals surface area (Å²) in [6, 6.07) is 22.4. The van der Waals surface area contributed by atoms with E-state index in [2.05, 4.69) is 69.0 Å². The second-order valence-corrected chi connectivity index (χ2v) is 9.72. The van der Waals surface area contributed by atoms with E-state index in [1.807, 2.05) is 30.9 Å². The Labute approximate surface area is 200 Å². The maximum atomic E-state index is 5.04. The molecule has 9 rings (SSSR count). The first-order chi connectivity index (χ1) is 17.3. The normalized spacial score (nSPS) is 13.5. The number of hydrogen-bond acceptors (Lipinski definition) is 3. The van der Waals surface area contributed by atoms with Gasteiger partial charge in [-0.25, -0.2) is 4.98 Å². The van der Waals surface area contributed by atoms with Gasteiger partial charge in [-0.1, -0.05) is 36.4 Å². The van der Waals surface area contributed by atoms with Crippen molar-refractivity contribution in [3.8, 4) is 22.3 Å². The smallest absolute Gasteiger partial charge is 0.146 e. The standard InChI is InChI=1S/C31H18N4/c1-2-4-20-17(3-1)11-18-12-19-13-26-21(25(19)14-24(18)20)5-6-23-30(26)22-7-9-32-15-28(22)35-29-16-33-10-8-27(29)34-31(23)35/h1-10,12,14-16H,11,13H2. The SMILES string of the molecule is c1ccc2c(c1)Cc1cc3c(cc1-2)-c1ccc2c(c1C3)c1ccncc1n1c3cnccc3nc21. The van der Waals surface area contributed by atoms with Crippen LogP contribution in [0.5, 0.6) is 0 Å². The van der Waals surface area contributed by atoms with Crippen LogP contribution in [0.1, 0.15) is 22.3 Å². The van der Waals surface area contributed by atoms with E-state index >= 15 is 0 Å². The summed E-state index contributed by atoms with van der Waals surface area (Å²) in [5.74, 6) is 0. The van der Waals surface area contributed by atoms with Crippen LogP contribution in [0.25, 0.3) is 60.6 Å². The summed E-state index contributed by atoms with van der Waals surface area (Å²) in [6.45, 7) is 0. The Bertz CT molecular complexity index is 2070. The molecule has 3 aromatic carbocycles. The predicted octanol–water partition coefficient (Wildman–Crippen LogP) is 6.73. The molecule has 0 amide bonds. The van der Waals surface area contributed by atoms with Crippen molar-refractivity contribution in [1.82, 2.24) is 19.4 Å². The third-order valence-electron chi connectivity index (χ3n) is 8.00. The molecule has 0 unspecified atom stereocenters. The van der Waals surface area contributed by atoms with Gasteiger partial charge in [-0.15, -0.1) is 0 Å². The van der Waals surface area contributed by atoms with Crippen molar-refractivity contribution in [1.29, 1.82) is 0 Å². The maximum Gasteiger partial charge on any atom is 0.146 e. The molecule has 4 aromatic heterocycles. The summed E-state index contributed by atoms with van der Waals surface area (Å²) >= 11 is 0. The van der Waals surface area contributed by atoms with Crippen molar-refractivity contribution >= 4 is 38.4 Å². The number of aromatic nitrogens is 4. The van der Waals surface area contributed by atoms with E-state index in [-0.39, 0.29) is 0 Å². The summed E-state index contributed by atoms with van der Waals surface area (Å²) in [6.07, 6.45) is 9.54. The highest BCUT2D eigenvalue weighted by Crippen LogP contribution is 2.48. The lowest BCUT2D eigenvalue weighted by Crippen LogP contribution is -1.95. The second-order valence-electron chi connectivity index (χ2n) is 9.72.